The highest BCUT2D eigenvalue weighted by Gasteiger charge is 2.23. The lowest BCUT2D eigenvalue weighted by Crippen LogP contribution is -2.11. The SMILES string of the molecule is CCCC(c1ccccc1)S(=O)(=O)O. The van der Waals surface area contributed by atoms with E-state index in [0.717, 1.165) is 6.42 Å². The Morgan fingerprint density at radius 1 is 1.29 bits per heavy atom. The van der Waals surface area contributed by atoms with Crippen LogP contribution < -0.4 is 0 Å². The molecule has 0 aromatic heterocycles. The minimum atomic E-state index is -3.98. The lowest BCUT2D eigenvalue weighted by Gasteiger charge is -2.12. The van der Waals surface area contributed by atoms with E-state index < -0.39 is 15.4 Å². The van der Waals surface area contributed by atoms with Crippen molar-refractivity contribution in [3.05, 3.63) is 35.9 Å². The second kappa shape index (κ2) is 4.57. The summed E-state index contributed by atoms with van der Waals surface area (Å²) >= 11 is 0. The third-order valence-corrected chi connectivity index (χ3v) is 3.31. The molecule has 3 nitrogen and oxygen atoms in total. The van der Waals surface area contributed by atoms with Crippen LogP contribution in [0.4, 0.5) is 0 Å². The summed E-state index contributed by atoms with van der Waals surface area (Å²) in [4.78, 5) is 0. The Bertz CT molecular complexity index is 370. The molecule has 1 atom stereocenters. The number of hydrogen-bond acceptors (Lipinski definition) is 2. The molecule has 0 aliphatic heterocycles. The van der Waals surface area contributed by atoms with Crippen molar-refractivity contribution in [2.24, 2.45) is 0 Å². The highest BCUT2D eigenvalue weighted by molar-refractivity contribution is 7.86. The third-order valence-electron chi connectivity index (χ3n) is 2.08. The molecule has 14 heavy (non-hydrogen) atoms. The third kappa shape index (κ3) is 2.82. The van der Waals surface area contributed by atoms with Gasteiger partial charge >= 0.3 is 0 Å². The van der Waals surface area contributed by atoms with Crippen LogP contribution in [0.5, 0.6) is 0 Å². The van der Waals surface area contributed by atoms with Crippen LogP contribution in [0.25, 0.3) is 0 Å². The monoisotopic (exact) mass is 214 g/mol. The fourth-order valence-corrected chi connectivity index (χ4v) is 2.45. The first-order valence-corrected chi connectivity index (χ1v) is 6.07. The standard InChI is InChI=1S/C10H14O3S/c1-2-6-10(14(11,12)13)9-7-4-3-5-8-9/h3-5,7-8,10H,2,6H2,1H3,(H,11,12,13). The zero-order chi connectivity index (χ0) is 10.6. The Morgan fingerprint density at radius 2 is 1.86 bits per heavy atom. The minimum absolute atomic E-state index is 0.447. The maximum absolute atomic E-state index is 11.1. The van der Waals surface area contributed by atoms with Gasteiger partial charge in [0.05, 0.1) is 0 Å². The van der Waals surface area contributed by atoms with Crippen LogP contribution in [0.15, 0.2) is 30.3 Å². The van der Waals surface area contributed by atoms with Gasteiger partial charge in [0, 0.05) is 0 Å². The van der Waals surface area contributed by atoms with Crippen LogP contribution in [-0.2, 0) is 10.1 Å². The molecule has 0 heterocycles. The van der Waals surface area contributed by atoms with Gasteiger partial charge in [0.2, 0.25) is 0 Å². The molecular weight excluding hydrogens is 200 g/mol. The molecular formula is C10H14O3S. The molecule has 1 rings (SSSR count). The van der Waals surface area contributed by atoms with Crippen molar-refractivity contribution >= 4 is 10.1 Å². The molecule has 0 amide bonds. The molecule has 0 aliphatic rings. The molecule has 1 N–H and O–H groups in total. The second-order valence-corrected chi connectivity index (χ2v) is 4.80. The first-order valence-electron chi connectivity index (χ1n) is 4.57. The summed E-state index contributed by atoms with van der Waals surface area (Å²) in [6.07, 6.45) is 1.17. The Kier molecular flexibility index (Phi) is 3.66. The van der Waals surface area contributed by atoms with Gasteiger partial charge in [0.15, 0.2) is 0 Å². The first kappa shape index (κ1) is 11.2. The molecule has 0 saturated heterocycles. The summed E-state index contributed by atoms with van der Waals surface area (Å²) in [5, 5.41) is -0.784. The van der Waals surface area contributed by atoms with Gasteiger partial charge in [-0.25, -0.2) is 0 Å². The highest BCUT2D eigenvalue weighted by atomic mass is 32.2. The van der Waals surface area contributed by atoms with E-state index in [1.807, 2.05) is 13.0 Å². The fraction of sp³-hybridized carbons (Fsp3) is 0.400. The summed E-state index contributed by atoms with van der Waals surface area (Å²) < 4.78 is 31.2. The molecule has 0 aliphatic carbocycles. The topological polar surface area (TPSA) is 54.4 Å². The molecule has 0 bridgehead atoms. The first-order chi connectivity index (χ1) is 6.55. The van der Waals surface area contributed by atoms with Gasteiger partial charge in [-0.05, 0) is 12.0 Å². The molecule has 1 unspecified atom stereocenters. The van der Waals surface area contributed by atoms with Gasteiger partial charge in [-0.3, -0.25) is 4.55 Å². The number of benzene rings is 1. The average Bonchev–Trinajstić information content (AvgIpc) is 2.14. The lowest BCUT2D eigenvalue weighted by atomic mass is 10.1. The highest BCUT2D eigenvalue weighted by Crippen LogP contribution is 2.25. The van der Waals surface area contributed by atoms with Gasteiger partial charge in [-0.15, -0.1) is 0 Å². The molecule has 0 spiro atoms. The van der Waals surface area contributed by atoms with Crippen LogP contribution in [0.2, 0.25) is 0 Å². The van der Waals surface area contributed by atoms with E-state index in [1.165, 1.54) is 0 Å². The molecule has 4 heteroatoms. The molecule has 1 aromatic carbocycles. The molecule has 0 radical (unpaired) electrons. The van der Waals surface area contributed by atoms with Gasteiger partial charge in [-0.1, -0.05) is 43.7 Å². The van der Waals surface area contributed by atoms with Crippen LogP contribution in [0.1, 0.15) is 30.6 Å². The quantitative estimate of drug-likeness (QED) is 0.783. The van der Waals surface area contributed by atoms with E-state index in [0.29, 0.717) is 12.0 Å². The van der Waals surface area contributed by atoms with E-state index in [2.05, 4.69) is 0 Å². The number of hydrogen-bond donors (Lipinski definition) is 1. The predicted octanol–water partition coefficient (Wildman–Crippen LogP) is 2.42. The van der Waals surface area contributed by atoms with Crippen molar-refractivity contribution in [1.29, 1.82) is 0 Å². The van der Waals surface area contributed by atoms with Crippen LogP contribution in [0, 0.1) is 0 Å². The summed E-state index contributed by atoms with van der Waals surface area (Å²) in [7, 11) is -3.98. The van der Waals surface area contributed by atoms with Gasteiger partial charge in [-0.2, -0.15) is 8.42 Å². The lowest BCUT2D eigenvalue weighted by molar-refractivity contribution is 0.463. The number of rotatable bonds is 4. The summed E-state index contributed by atoms with van der Waals surface area (Å²) in [6.45, 7) is 1.89. The van der Waals surface area contributed by atoms with Gasteiger partial charge in [0.25, 0.3) is 10.1 Å². The molecule has 0 saturated carbocycles. The Labute approximate surface area is 84.5 Å². The molecule has 78 valence electrons. The van der Waals surface area contributed by atoms with Crippen molar-refractivity contribution in [2.45, 2.75) is 25.0 Å². The van der Waals surface area contributed by atoms with E-state index in [1.54, 1.807) is 24.3 Å². The largest absolute Gasteiger partial charge is 0.285 e. The van der Waals surface area contributed by atoms with Gasteiger partial charge in [0.1, 0.15) is 5.25 Å². The second-order valence-electron chi connectivity index (χ2n) is 3.20. The Hall–Kier alpha value is -0.870. The van der Waals surface area contributed by atoms with Crippen LogP contribution >= 0.6 is 0 Å². The van der Waals surface area contributed by atoms with Crippen molar-refractivity contribution in [1.82, 2.24) is 0 Å². The van der Waals surface area contributed by atoms with Crippen molar-refractivity contribution in [3.8, 4) is 0 Å². The predicted molar refractivity (Wildman–Crippen MR) is 55.6 cm³/mol. The van der Waals surface area contributed by atoms with E-state index >= 15 is 0 Å². The van der Waals surface area contributed by atoms with E-state index in [-0.39, 0.29) is 0 Å². The van der Waals surface area contributed by atoms with Crippen molar-refractivity contribution < 1.29 is 13.0 Å². The minimum Gasteiger partial charge on any atom is -0.285 e. The fourth-order valence-electron chi connectivity index (χ4n) is 1.42. The normalized spacial score (nSPS) is 13.9. The van der Waals surface area contributed by atoms with Crippen molar-refractivity contribution in [2.75, 3.05) is 0 Å². The molecule has 1 aromatic rings. The maximum Gasteiger partial charge on any atom is 0.271 e. The summed E-state index contributed by atoms with van der Waals surface area (Å²) in [6, 6.07) is 8.78. The zero-order valence-electron chi connectivity index (χ0n) is 8.05. The van der Waals surface area contributed by atoms with Gasteiger partial charge < -0.3 is 0 Å². The molecule has 0 fully saturated rings. The van der Waals surface area contributed by atoms with E-state index in [4.69, 9.17) is 4.55 Å². The smallest absolute Gasteiger partial charge is 0.271 e. The van der Waals surface area contributed by atoms with Crippen molar-refractivity contribution in [3.63, 3.8) is 0 Å². The Morgan fingerprint density at radius 3 is 2.29 bits per heavy atom. The zero-order valence-corrected chi connectivity index (χ0v) is 8.87. The van der Waals surface area contributed by atoms with Crippen LogP contribution in [-0.4, -0.2) is 13.0 Å². The van der Waals surface area contributed by atoms with E-state index in [9.17, 15) is 8.42 Å². The summed E-state index contributed by atoms with van der Waals surface area (Å²) in [5.41, 5.74) is 0.650. The van der Waals surface area contributed by atoms with Crippen LogP contribution in [0.3, 0.4) is 0 Å². The summed E-state index contributed by atoms with van der Waals surface area (Å²) in [5.74, 6) is 0. The average molecular weight is 214 g/mol. The maximum atomic E-state index is 11.1. The Balaban J connectivity index is 3.02.